The number of aromatic amines is 1. The Morgan fingerprint density at radius 1 is 1.12 bits per heavy atom. The molecule has 25 heavy (non-hydrogen) atoms. The minimum atomic E-state index is -0.615. The van der Waals surface area contributed by atoms with Gasteiger partial charge in [0.1, 0.15) is 5.75 Å². The van der Waals surface area contributed by atoms with Crippen LogP contribution in [0.5, 0.6) is 5.75 Å². The van der Waals surface area contributed by atoms with Gasteiger partial charge in [0.15, 0.2) is 6.10 Å². The molecule has 0 saturated carbocycles. The summed E-state index contributed by atoms with van der Waals surface area (Å²) in [6, 6.07) is 14.1. The molecule has 0 fully saturated rings. The number of aryl methyl sites for hydroxylation is 1. The summed E-state index contributed by atoms with van der Waals surface area (Å²) in [5.41, 5.74) is 8.01. The number of para-hydroxylation sites is 1. The van der Waals surface area contributed by atoms with Crippen molar-refractivity contribution in [3.8, 4) is 5.75 Å². The lowest BCUT2D eigenvalue weighted by Crippen LogP contribution is -2.16. The van der Waals surface area contributed by atoms with E-state index in [1.807, 2.05) is 25.1 Å². The molecule has 3 N–H and O–H groups in total. The van der Waals surface area contributed by atoms with Gasteiger partial charge in [-0.3, -0.25) is 4.79 Å². The molecule has 0 radical (unpaired) electrons. The summed E-state index contributed by atoms with van der Waals surface area (Å²) < 4.78 is 6.15. The first kappa shape index (κ1) is 17.4. The first-order valence-electron chi connectivity index (χ1n) is 7.62. The largest absolute Gasteiger partial charge is 0.479 e. The molecule has 3 aromatic rings. The second-order valence-corrected chi connectivity index (χ2v) is 6.36. The van der Waals surface area contributed by atoms with Crippen molar-refractivity contribution in [2.24, 2.45) is 5.73 Å². The van der Waals surface area contributed by atoms with Crippen LogP contribution < -0.4 is 10.5 Å². The van der Waals surface area contributed by atoms with E-state index in [1.165, 1.54) is 0 Å². The molecule has 6 heteroatoms. The van der Waals surface area contributed by atoms with Crippen LogP contribution in [0.15, 0.2) is 54.7 Å². The molecule has 1 amide bonds. The van der Waals surface area contributed by atoms with E-state index < -0.39 is 12.0 Å². The van der Waals surface area contributed by atoms with Crippen LogP contribution in [0.1, 0.15) is 33.3 Å². The number of benzene rings is 2. The predicted molar refractivity (Wildman–Crippen MR) is 99.4 cm³/mol. The minimum absolute atomic E-state index is 0.291. The van der Waals surface area contributed by atoms with Gasteiger partial charge in [0.2, 0.25) is 0 Å². The Hall–Kier alpha value is -2.43. The van der Waals surface area contributed by atoms with E-state index in [-0.39, 0.29) is 0 Å². The van der Waals surface area contributed by atoms with Crippen LogP contribution >= 0.6 is 23.2 Å². The Kier molecular flexibility index (Phi) is 5.02. The second-order valence-electron chi connectivity index (χ2n) is 5.58. The lowest BCUT2D eigenvalue weighted by Gasteiger charge is -2.22. The molecule has 3 rings (SSSR count). The fourth-order valence-corrected chi connectivity index (χ4v) is 3.17. The number of amides is 1. The Bertz CT molecular complexity index is 908. The van der Waals surface area contributed by atoms with E-state index in [0.717, 1.165) is 11.3 Å². The molecule has 1 atom stereocenters. The van der Waals surface area contributed by atoms with Crippen molar-refractivity contribution in [1.82, 2.24) is 4.98 Å². The van der Waals surface area contributed by atoms with E-state index in [2.05, 4.69) is 4.98 Å². The number of H-pyrrole nitrogens is 1. The smallest absolute Gasteiger partial charge is 0.252 e. The van der Waals surface area contributed by atoms with Crippen LogP contribution in [-0.2, 0) is 0 Å². The van der Waals surface area contributed by atoms with Crippen molar-refractivity contribution in [2.75, 3.05) is 0 Å². The number of halogens is 2. The average Bonchev–Trinajstić information content (AvgIpc) is 3.12. The molecular weight excluding hydrogens is 359 g/mol. The minimum Gasteiger partial charge on any atom is -0.479 e. The molecule has 4 nitrogen and oxygen atoms in total. The van der Waals surface area contributed by atoms with Gasteiger partial charge in [-0.25, -0.2) is 0 Å². The quantitative estimate of drug-likeness (QED) is 0.666. The molecule has 1 unspecified atom stereocenters. The maximum absolute atomic E-state index is 11.7. The average molecular weight is 375 g/mol. The molecule has 0 aliphatic heterocycles. The summed E-state index contributed by atoms with van der Waals surface area (Å²) in [5.74, 6) is -0.203. The second kappa shape index (κ2) is 7.21. The van der Waals surface area contributed by atoms with Crippen LogP contribution in [0.2, 0.25) is 10.0 Å². The zero-order valence-electron chi connectivity index (χ0n) is 13.4. The highest BCUT2D eigenvalue weighted by molar-refractivity contribution is 6.36. The predicted octanol–water partition coefficient (Wildman–Crippen LogP) is 4.90. The third-order valence-corrected chi connectivity index (χ3v) is 4.71. The number of carbonyl (C=O) groups is 1. The van der Waals surface area contributed by atoms with Crippen LogP contribution in [0.25, 0.3) is 0 Å². The fraction of sp³-hybridized carbons (Fsp3) is 0.105. The number of nitrogens with two attached hydrogens (primary N) is 1. The molecule has 1 aromatic heterocycles. The molecular formula is C19H16Cl2N2O2. The van der Waals surface area contributed by atoms with Crippen molar-refractivity contribution >= 4 is 29.1 Å². The summed E-state index contributed by atoms with van der Waals surface area (Å²) in [6.07, 6.45) is 1.17. The SMILES string of the molecule is Cc1ccc(Cl)c(C(Oc2ccccc2C(N)=O)c2ccc[nH]2)c1Cl. The Morgan fingerprint density at radius 3 is 2.56 bits per heavy atom. The number of nitrogens with one attached hydrogen (secondary N) is 1. The summed E-state index contributed by atoms with van der Waals surface area (Å²) in [4.78, 5) is 14.8. The molecule has 0 aliphatic rings. The molecule has 0 spiro atoms. The van der Waals surface area contributed by atoms with Crippen molar-refractivity contribution in [3.63, 3.8) is 0 Å². The first-order valence-corrected chi connectivity index (χ1v) is 8.38. The summed E-state index contributed by atoms with van der Waals surface area (Å²) in [6.45, 7) is 1.89. The summed E-state index contributed by atoms with van der Waals surface area (Å²) in [5, 5.41) is 0.996. The third kappa shape index (κ3) is 3.50. The van der Waals surface area contributed by atoms with Gasteiger partial charge < -0.3 is 15.5 Å². The zero-order valence-corrected chi connectivity index (χ0v) is 14.9. The number of hydrogen-bond acceptors (Lipinski definition) is 2. The van der Waals surface area contributed by atoms with Crippen molar-refractivity contribution in [2.45, 2.75) is 13.0 Å². The van der Waals surface area contributed by atoms with E-state index in [1.54, 1.807) is 36.5 Å². The standard InChI is InChI=1S/C19H16Cl2N2O2/c1-11-8-9-13(20)16(17(11)21)18(14-6-4-10-23-14)25-15-7-3-2-5-12(15)19(22)24/h2-10,18,23H,1H3,(H2,22,24). The Balaban J connectivity index is 2.13. The van der Waals surface area contributed by atoms with E-state index in [0.29, 0.717) is 26.9 Å². The van der Waals surface area contributed by atoms with Gasteiger partial charge >= 0.3 is 0 Å². The number of hydrogen-bond donors (Lipinski definition) is 2. The Labute approximate surface area is 155 Å². The molecule has 128 valence electrons. The van der Waals surface area contributed by atoms with Crippen LogP contribution in [0.3, 0.4) is 0 Å². The number of carbonyl (C=O) groups excluding carboxylic acids is 1. The highest BCUT2D eigenvalue weighted by atomic mass is 35.5. The summed E-state index contributed by atoms with van der Waals surface area (Å²) in [7, 11) is 0. The highest BCUT2D eigenvalue weighted by Gasteiger charge is 2.25. The normalized spacial score (nSPS) is 12.0. The Morgan fingerprint density at radius 2 is 1.88 bits per heavy atom. The number of aromatic nitrogens is 1. The van der Waals surface area contributed by atoms with Gasteiger partial charge in [-0.05, 0) is 42.8 Å². The van der Waals surface area contributed by atoms with Gasteiger partial charge in [-0.2, -0.15) is 0 Å². The maximum Gasteiger partial charge on any atom is 0.252 e. The fourth-order valence-electron chi connectivity index (χ4n) is 2.60. The molecule has 1 heterocycles. The van der Waals surface area contributed by atoms with Gasteiger partial charge in [0.05, 0.1) is 16.3 Å². The monoisotopic (exact) mass is 374 g/mol. The van der Waals surface area contributed by atoms with Gasteiger partial charge in [-0.15, -0.1) is 0 Å². The van der Waals surface area contributed by atoms with Crippen molar-refractivity contribution in [1.29, 1.82) is 0 Å². The topological polar surface area (TPSA) is 68.1 Å². The molecule has 0 aliphatic carbocycles. The van der Waals surface area contributed by atoms with Gasteiger partial charge in [0, 0.05) is 16.8 Å². The molecule has 0 bridgehead atoms. The summed E-state index contributed by atoms with van der Waals surface area (Å²) >= 11 is 12.9. The number of primary amides is 1. The molecule has 2 aromatic carbocycles. The van der Waals surface area contributed by atoms with Crippen LogP contribution in [-0.4, -0.2) is 10.9 Å². The first-order chi connectivity index (χ1) is 12.0. The van der Waals surface area contributed by atoms with E-state index >= 15 is 0 Å². The highest BCUT2D eigenvalue weighted by Crippen LogP contribution is 2.39. The lowest BCUT2D eigenvalue weighted by molar-refractivity contribution is 0.0994. The number of rotatable bonds is 5. The van der Waals surface area contributed by atoms with Crippen LogP contribution in [0.4, 0.5) is 0 Å². The van der Waals surface area contributed by atoms with E-state index in [4.69, 9.17) is 33.7 Å². The van der Waals surface area contributed by atoms with E-state index in [9.17, 15) is 4.79 Å². The van der Waals surface area contributed by atoms with Crippen molar-refractivity contribution in [3.05, 3.63) is 87.2 Å². The maximum atomic E-state index is 11.7. The van der Waals surface area contributed by atoms with Gasteiger partial charge in [-0.1, -0.05) is 41.4 Å². The van der Waals surface area contributed by atoms with Crippen LogP contribution in [0, 0.1) is 6.92 Å². The number of ether oxygens (including phenoxy) is 1. The molecule has 0 saturated heterocycles. The van der Waals surface area contributed by atoms with Crippen molar-refractivity contribution < 1.29 is 9.53 Å². The lowest BCUT2D eigenvalue weighted by atomic mass is 10.0. The third-order valence-electron chi connectivity index (χ3n) is 3.88. The van der Waals surface area contributed by atoms with Gasteiger partial charge in [0.25, 0.3) is 5.91 Å². The zero-order chi connectivity index (χ0) is 18.0.